The van der Waals surface area contributed by atoms with Crippen molar-refractivity contribution in [3.8, 4) is 0 Å². The van der Waals surface area contributed by atoms with Crippen LogP contribution in [0.25, 0.3) is 0 Å². The molecule has 0 aromatic carbocycles. The summed E-state index contributed by atoms with van der Waals surface area (Å²) < 4.78 is 26.1. The Hall–Kier alpha value is -1.01. The smallest absolute Gasteiger partial charge is 0.306 e. The standard InChI is InChI=1S/C12H20F2N4/c1-10(9-17-5-2-3-6-17)16-8-11-15-4-7-18(11)12(13)14/h4,7,10,12,16H,2-3,5-6,8-9H2,1H3. The minimum Gasteiger partial charge on any atom is -0.306 e. The summed E-state index contributed by atoms with van der Waals surface area (Å²) in [6.45, 7) is 3.21. The second-order valence-electron chi connectivity index (χ2n) is 4.82. The second kappa shape index (κ2) is 6.24. The highest BCUT2D eigenvalue weighted by Crippen LogP contribution is 2.12. The summed E-state index contributed by atoms with van der Waals surface area (Å²) in [7, 11) is 0. The first kappa shape index (κ1) is 13.4. The SMILES string of the molecule is CC(CN1CCCC1)NCc1nccn1C(F)F. The number of likely N-dealkylation sites (tertiary alicyclic amines) is 1. The van der Waals surface area contributed by atoms with Gasteiger partial charge in [0.2, 0.25) is 0 Å². The lowest BCUT2D eigenvalue weighted by atomic mass is 10.3. The third-order valence-electron chi connectivity index (χ3n) is 3.30. The zero-order valence-electron chi connectivity index (χ0n) is 10.6. The molecule has 0 radical (unpaired) electrons. The number of rotatable bonds is 6. The number of alkyl halides is 2. The van der Waals surface area contributed by atoms with Gasteiger partial charge in [0.15, 0.2) is 0 Å². The zero-order chi connectivity index (χ0) is 13.0. The molecule has 1 unspecified atom stereocenters. The first-order chi connectivity index (χ1) is 8.66. The van der Waals surface area contributed by atoms with Crippen LogP contribution in [0, 0.1) is 0 Å². The van der Waals surface area contributed by atoms with Crippen molar-refractivity contribution in [1.82, 2.24) is 19.8 Å². The maximum Gasteiger partial charge on any atom is 0.319 e. The maximum atomic E-state index is 12.6. The van der Waals surface area contributed by atoms with Crippen LogP contribution in [-0.2, 0) is 6.54 Å². The van der Waals surface area contributed by atoms with E-state index in [9.17, 15) is 8.78 Å². The summed E-state index contributed by atoms with van der Waals surface area (Å²) in [6, 6.07) is 0.283. The van der Waals surface area contributed by atoms with Crippen LogP contribution in [0.1, 0.15) is 32.1 Å². The molecule has 4 nitrogen and oxygen atoms in total. The summed E-state index contributed by atoms with van der Waals surface area (Å²) in [5.74, 6) is 0.387. The molecule has 2 heterocycles. The molecule has 0 aliphatic carbocycles. The minimum absolute atomic E-state index is 0.283. The molecule has 18 heavy (non-hydrogen) atoms. The predicted molar refractivity (Wildman–Crippen MR) is 65.5 cm³/mol. The fourth-order valence-corrected chi connectivity index (χ4v) is 2.34. The molecule has 102 valence electrons. The molecule has 1 aliphatic rings. The first-order valence-corrected chi connectivity index (χ1v) is 6.42. The number of hydrogen-bond acceptors (Lipinski definition) is 3. The van der Waals surface area contributed by atoms with Crippen molar-refractivity contribution in [2.24, 2.45) is 0 Å². The van der Waals surface area contributed by atoms with Crippen LogP contribution in [0.2, 0.25) is 0 Å². The zero-order valence-corrected chi connectivity index (χ0v) is 10.6. The van der Waals surface area contributed by atoms with E-state index >= 15 is 0 Å². The van der Waals surface area contributed by atoms with E-state index in [0.29, 0.717) is 12.4 Å². The molecule has 1 fully saturated rings. The molecule has 1 aliphatic heterocycles. The van der Waals surface area contributed by atoms with Crippen molar-refractivity contribution < 1.29 is 8.78 Å². The predicted octanol–water partition coefficient (Wildman–Crippen LogP) is 1.85. The van der Waals surface area contributed by atoms with Crippen LogP contribution in [-0.4, -0.2) is 40.1 Å². The van der Waals surface area contributed by atoms with E-state index in [4.69, 9.17) is 0 Å². The number of imidazole rings is 1. The van der Waals surface area contributed by atoms with Gasteiger partial charge in [0.25, 0.3) is 0 Å². The normalized spacial score (nSPS) is 18.7. The Morgan fingerprint density at radius 1 is 1.39 bits per heavy atom. The van der Waals surface area contributed by atoms with Crippen LogP contribution in [0.3, 0.4) is 0 Å². The Balaban J connectivity index is 1.77. The average molecular weight is 258 g/mol. The van der Waals surface area contributed by atoms with E-state index in [1.807, 2.05) is 0 Å². The third-order valence-corrected chi connectivity index (χ3v) is 3.30. The van der Waals surface area contributed by atoms with Gasteiger partial charge in [0.05, 0.1) is 6.54 Å². The summed E-state index contributed by atoms with van der Waals surface area (Å²) in [5, 5.41) is 3.25. The lowest BCUT2D eigenvalue weighted by Crippen LogP contribution is -2.38. The van der Waals surface area contributed by atoms with Crippen LogP contribution >= 0.6 is 0 Å². The highest BCUT2D eigenvalue weighted by Gasteiger charge is 2.16. The molecule has 2 rings (SSSR count). The molecular formula is C12H20F2N4. The van der Waals surface area contributed by atoms with Crippen molar-refractivity contribution in [2.45, 2.75) is 38.9 Å². The Kier molecular flexibility index (Phi) is 4.66. The van der Waals surface area contributed by atoms with Crippen LogP contribution in [0.15, 0.2) is 12.4 Å². The molecular weight excluding hydrogens is 238 g/mol. The third kappa shape index (κ3) is 3.49. The lowest BCUT2D eigenvalue weighted by Gasteiger charge is -2.21. The first-order valence-electron chi connectivity index (χ1n) is 6.42. The fourth-order valence-electron chi connectivity index (χ4n) is 2.34. The molecule has 0 amide bonds. The highest BCUT2D eigenvalue weighted by atomic mass is 19.3. The van der Waals surface area contributed by atoms with E-state index in [-0.39, 0.29) is 6.04 Å². The maximum absolute atomic E-state index is 12.6. The average Bonchev–Trinajstić information content (AvgIpc) is 2.96. The van der Waals surface area contributed by atoms with E-state index in [1.54, 1.807) is 0 Å². The van der Waals surface area contributed by atoms with E-state index in [0.717, 1.165) is 24.2 Å². The van der Waals surface area contributed by atoms with Gasteiger partial charge in [-0.25, -0.2) is 4.98 Å². The van der Waals surface area contributed by atoms with Crippen molar-refractivity contribution in [3.63, 3.8) is 0 Å². The van der Waals surface area contributed by atoms with E-state index in [1.165, 1.54) is 25.2 Å². The molecule has 1 saturated heterocycles. The van der Waals surface area contributed by atoms with Gasteiger partial charge in [0.1, 0.15) is 5.82 Å². The highest BCUT2D eigenvalue weighted by molar-refractivity contribution is 4.92. The monoisotopic (exact) mass is 258 g/mol. The van der Waals surface area contributed by atoms with Crippen LogP contribution < -0.4 is 5.32 Å². The molecule has 1 atom stereocenters. The Bertz CT molecular complexity index is 361. The van der Waals surface area contributed by atoms with Gasteiger partial charge in [-0.2, -0.15) is 8.78 Å². The lowest BCUT2D eigenvalue weighted by molar-refractivity contribution is 0.0664. The van der Waals surface area contributed by atoms with Gasteiger partial charge < -0.3 is 10.2 Å². The number of aromatic nitrogens is 2. The number of nitrogens with zero attached hydrogens (tertiary/aromatic N) is 3. The summed E-state index contributed by atoms with van der Waals surface area (Å²) in [4.78, 5) is 6.35. The molecule has 6 heteroatoms. The Labute approximate surface area is 106 Å². The molecule has 1 N–H and O–H groups in total. The van der Waals surface area contributed by atoms with Crippen molar-refractivity contribution >= 4 is 0 Å². The van der Waals surface area contributed by atoms with E-state index in [2.05, 4.69) is 22.1 Å². The summed E-state index contributed by atoms with van der Waals surface area (Å²) in [5.41, 5.74) is 0. The summed E-state index contributed by atoms with van der Waals surface area (Å²) >= 11 is 0. The number of hydrogen-bond donors (Lipinski definition) is 1. The van der Waals surface area contributed by atoms with Crippen molar-refractivity contribution in [3.05, 3.63) is 18.2 Å². The van der Waals surface area contributed by atoms with Crippen LogP contribution in [0.4, 0.5) is 8.78 Å². The Morgan fingerprint density at radius 3 is 2.78 bits per heavy atom. The number of halogens is 2. The molecule has 0 spiro atoms. The quantitative estimate of drug-likeness (QED) is 0.845. The van der Waals surface area contributed by atoms with Crippen molar-refractivity contribution in [1.29, 1.82) is 0 Å². The van der Waals surface area contributed by atoms with Gasteiger partial charge in [-0.05, 0) is 32.9 Å². The molecule has 0 saturated carbocycles. The van der Waals surface area contributed by atoms with Gasteiger partial charge >= 0.3 is 6.55 Å². The van der Waals surface area contributed by atoms with E-state index < -0.39 is 6.55 Å². The van der Waals surface area contributed by atoms with Gasteiger partial charge in [-0.1, -0.05) is 0 Å². The topological polar surface area (TPSA) is 33.1 Å². The molecule has 1 aromatic heterocycles. The van der Waals surface area contributed by atoms with Gasteiger partial charge in [-0.15, -0.1) is 0 Å². The van der Waals surface area contributed by atoms with Crippen LogP contribution in [0.5, 0.6) is 0 Å². The van der Waals surface area contributed by atoms with Gasteiger partial charge in [-0.3, -0.25) is 4.57 Å². The van der Waals surface area contributed by atoms with Crippen molar-refractivity contribution in [2.75, 3.05) is 19.6 Å². The second-order valence-corrected chi connectivity index (χ2v) is 4.82. The fraction of sp³-hybridized carbons (Fsp3) is 0.750. The number of nitrogens with one attached hydrogen (secondary N) is 1. The summed E-state index contributed by atoms with van der Waals surface area (Å²) in [6.07, 6.45) is 5.26. The minimum atomic E-state index is -2.52. The molecule has 1 aromatic rings. The van der Waals surface area contributed by atoms with Gasteiger partial charge in [0, 0.05) is 25.0 Å². The Morgan fingerprint density at radius 2 is 2.11 bits per heavy atom. The largest absolute Gasteiger partial charge is 0.319 e. The molecule has 0 bridgehead atoms.